The van der Waals surface area contributed by atoms with Gasteiger partial charge >= 0.3 is 0 Å². The summed E-state index contributed by atoms with van der Waals surface area (Å²) in [5.74, 6) is 0. The zero-order valence-electron chi connectivity index (χ0n) is 8.57. The zero-order chi connectivity index (χ0) is 9.97. The molecule has 76 valence electrons. The van der Waals surface area contributed by atoms with Gasteiger partial charge in [0.05, 0.1) is 11.7 Å². The molecule has 1 aromatic heterocycles. The van der Waals surface area contributed by atoms with Gasteiger partial charge in [-0.05, 0) is 25.8 Å². The third kappa shape index (κ3) is 1.86. The Morgan fingerprint density at radius 3 is 2.71 bits per heavy atom. The van der Waals surface area contributed by atoms with Gasteiger partial charge in [-0.2, -0.15) is 5.10 Å². The van der Waals surface area contributed by atoms with E-state index in [1.54, 1.807) is 16.8 Å². The highest BCUT2D eigenvalue weighted by atomic mass is 16.1. The third-order valence-corrected chi connectivity index (χ3v) is 2.88. The second kappa shape index (κ2) is 3.95. The van der Waals surface area contributed by atoms with Gasteiger partial charge in [0.2, 0.25) is 0 Å². The van der Waals surface area contributed by atoms with Crippen LogP contribution in [0.1, 0.15) is 43.8 Å². The lowest BCUT2D eigenvalue weighted by atomic mass is 9.96. The van der Waals surface area contributed by atoms with Crippen molar-refractivity contribution in [3.05, 3.63) is 28.2 Å². The van der Waals surface area contributed by atoms with Crippen LogP contribution in [0.25, 0.3) is 0 Å². The number of aryl methyl sites for hydroxylation is 1. The molecule has 0 unspecified atom stereocenters. The van der Waals surface area contributed by atoms with Gasteiger partial charge in [0.1, 0.15) is 0 Å². The van der Waals surface area contributed by atoms with Crippen molar-refractivity contribution in [2.75, 3.05) is 0 Å². The second-order valence-corrected chi connectivity index (χ2v) is 4.05. The summed E-state index contributed by atoms with van der Waals surface area (Å²) in [7, 11) is 0. The van der Waals surface area contributed by atoms with Crippen LogP contribution in [0.4, 0.5) is 0 Å². The molecule has 1 aromatic rings. The van der Waals surface area contributed by atoms with Crippen molar-refractivity contribution in [2.45, 2.75) is 45.1 Å². The van der Waals surface area contributed by atoms with Crippen molar-refractivity contribution in [3.63, 3.8) is 0 Å². The minimum atomic E-state index is 0.0440. The molecular formula is C11H16N2O. The largest absolute Gasteiger partial charge is 0.268 e. The van der Waals surface area contributed by atoms with Gasteiger partial charge in [0.25, 0.3) is 5.56 Å². The Bertz CT molecular complexity index is 364. The minimum Gasteiger partial charge on any atom is -0.268 e. The molecule has 3 nitrogen and oxygen atoms in total. The molecule has 0 spiro atoms. The van der Waals surface area contributed by atoms with Gasteiger partial charge in [-0.15, -0.1) is 0 Å². The molecule has 0 N–H and O–H groups in total. The average Bonchev–Trinajstić information content (AvgIpc) is 2.23. The smallest absolute Gasteiger partial charge is 0.267 e. The lowest BCUT2D eigenvalue weighted by molar-refractivity contribution is 0.317. The summed E-state index contributed by atoms with van der Waals surface area (Å²) in [6, 6.07) is 3.75. The maximum absolute atomic E-state index is 11.6. The van der Waals surface area contributed by atoms with E-state index >= 15 is 0 Å². The molecule has 1 aliphatic rings. The fourth-order valence-electron chi connectivity index (χ4n) is 2.11. The highest BCUT2D eigenvalue weighted by Gasteiger charge is 2.16. The van der Waals surface area contributed by atoms with Crippen molar-refractivity contribution >= 4 is 0 Å². The lowest BCUT2D eigenvalue weighted by Crippen LogP contribution is -2.28. The molecule has 0 radical (unpaired) electrons. The van der Waals surface area contributed by atoms with Crippen LogP contribution < -0.4 is 5.56 Å². The first-order valence-corrected chi connectivity index (χ1v) is 5.34. The first-order valence-electron chi connectivity index (χ1n) is 5.34. The zero-order valence-corrected chi connectivity index (χ0v) is 8.57. The van der Waals surface area contributed by atoms with Gasteiger partial charge in [0.15, 0.2) is 0 Å². The second-order valence-electron chi connectivity index (χ2n) is 4.05. The lowest BCUT2D eigenvalue weighted by Gasteiger charge is -2.22. The SMILES string of the molecule is Cc1ccc(=O)n(C2CCCCC2)n1. The number of hydrogen-bond acceptors (Lipinski definition) is 2. The van der Waals surface area contributed by atoms with E-state index in [1.807, 2.05) is 6.92 Å². The van der Waals surface area contributed by atoms with E-state index in [0.717, 1.165) is 18.5 Å². The monoisotopic (exact) mass is 192 g/mol. The van der Waals surface area contributed by atoms with E-state index in [2.05, 4.69) is 5.10 Å². The van der Waals surface area contributed by atoms with Crippen LogP contribution >= 0.6 is 0 Å². The predicted molar refractivity (Wildman–Crippen MR) is 55.4 cm³/mol. The van der Waals surface area contributed by atoms with Crippen molar-refractivity contribution in [2.24, 2.45) is 0 Å². The Balaban J connectivity index is 2.29. The Morgan fingerprint density at radius 1 is 1.29 bits per heavy atom. The number of nitrogens with zero attached hydrogens (tertiary/aromatic N) is 2. The summed E-state index contributed by atoms with van der Waals surface area (Å²) in [5.41, 5.74) is 0.970. The van der Waals surface area contributed by atoms with Crippen molar-refractivity contribution in [3.8, 4) is 0 Å². The van der Waals surface area contributed by atoms with E-state index in [4.69, 9.17) is 0 Å². The Kier molecular flexibility index (Phi) is 2.66. The topological polar surface area (TPSA) is 34.9 Å². The molecule has 1 saturated carbocycles. The summed E-state index contributed by atoms with van der Waals surface area (Å²) in [6.07, 6.45) is 5.98. The number of aromatic nitrogens is 2. The molecule has 0 bridgehead atoms. The molecule has 0 atom stereocenters. The molecule has 14 heavy (non-hydrogen) atoms. The van der Waals surface area contributed by atoms with E-state index in [0.29, 0.717) is 6.04 Å². The Labute approximate surface area is 83.8 Å². The summed E-state index contributed by atoms with van der Waals surface area (Å²) >= 11 is 0. The van der Waals surface area contributed by atoms with Crippen LogP contribution in [-0.2, 0) is 0 Å². The van der Waals surface area contributed by atoms with Crippen LogP contribution in [0.5, 0.6) is 0 Å². The number of hydrogen-bond donors (Lipinski definition) is 0. The van der Waals surface area contributed by atoms with Crippen molar-refractivity contribution in [1.82, 2.24) is 9.78 Å². The summed E-state index contributed by atoms with van der Waals surface area (Å²) in [4.78, 5) is 11.6. The van der Waals surface area contributed by atoms with E-state index in [-0.39, 0.29) is 5.56 Å². The fraction of sp³-hybridized carbons (Fsp3) is 0.636. The summed E-state index contributed by atoms with van der Waals surface area (Å²) < 4.78 is 1.68. The summed E-state index contributed by atoms with van der Waals surface area (Å²) in [6.45, 7) is 1.93. The predicted octanol–water partition coefficient (Wildman–Crippen LogP) is 2.06. The molecule has 0 aliphatic heterocycles. The molecule has 1 aliphatic carbocycles. The highest BCUT2D eigenvalue weighted by molar-refractivity contribution is 4.98. The van der Waals surface area contributed by atoms with Gasteiger partial charge in [0, 0.05) is 6.07 Å². The molecule has 3 heteroatoms. The normalized spacial score (nSPS) is 18.4. The van der Waals surface area contributed by atoms with Crippen molar-refractivity contribution < 1.29 is 0 Å². The fourth-order valence-corrected chi connectivity index (χ4v) is 2.11. The standard InChI is InChI=1S/C11H16N2O/c1-9-7-8-11(14)13(12-9)10-5-3-2-4-6-10/h7-8,10H,2-6H2,1H3. The highest BCUT2D eigenvalue weighted by Crippen LogP contribution is 2.25. The Hall–Kier alpha value is -1.12. The van der Waals surface area contributed by atoms with Crippen LogP contribution in [0.2, 0.25) is 0 Å². The van der Waals surface area contributed by atoms with Crippen LogP contribution in [0.3, 0.4) is 0 Å². The molecule has 1 fully saturated rings. The Morgan fingerprint density at radius 2 is 2.00 bits per heavy atom. The third-order valence-electron chi connectivity index (χ3n) is 2.88. The minimum absolute atomic E-state index is 0.0440. The van der Waals surface area contributed by atoms with E-state index < -0.39 is 0 Å². The maximum Gasteiger partial charge on any atom is 0.267 e. The van der Waals surface area contributed by atoms with E-state index in [1.165, 1.54) is 19.3 Å². The van der Waals surface area contributed by atoms with E-state index in [9.17, 15) is 4.79 Å². The van der Waals surface area contributed by atoms with Crippen LogP contribution in [-0.4, -0.2) is 9.78 Å². The first-order chi connectivity index (χ1) is 6.77. The van der Waals surface area contributed by atoms with Crippen molar-refractivity contribution in [1.29, 1.82) is 0 Å². The number of rotatable bonds is 1. The summed E-state index contributed by atoms with van der Waals surface area (Å²) in [5, 5.41) is 4.30. The van der Waals surface area contributed by atoms with Gasteiger partial charge < -0.3 is 0 Å². The van der Waals surface area contributed by atoms with Gasteiger partial charge in [-0.3, -0.25) is 4.79 Å². The molecular weight excluding hydrogens is 176 g/mol. The van der Waals surface area contributed by atoms with Gasteiger partial charge in [-0.25, -0.2) is 4.68 Å². The average molecular weight is 192 g/mol. The molecule has 0 saturated heterocycles. The van der Waals surface area contributed by atoms with Crippen LogP contribution in [0, 0.1) is 6.92 Å². The molecule has 1 heterocycles. The molecule has 2 rings (SSSR count). The maximum atomic E-state index is 11.6. The van der Waals surface area contributed by atoms with Gasteiger partial charge in [-0.1, -0.05) is 19.3 Å². The first kappa shape index (κ1) is 9.44. The quantitative estimate of drug-likeness (QED) is 0.682. The van der Waals surface area contributed by atoms with Crippen LogP contribution in [0.15, 0.2) is 16.9 Å². The molecule has 0 amide bonds. The molecule has 0 aromatic carbocycles.